The molecule has 1 aromatic rings. The molecule has 0 aliphatic heterocycles. The van der Waals surface area contributed by atoms with Crippen molar-refractivity contribution in [2.75, 3.05) is 39.9 Å². The van der Waals surface area contributed by atoms with Crippen LogP contribution in [0.15, 0.2) is 30.3 Å². The minimum absolute atomic E-state index is 0.107. The molecule has 0 bridgehead atoms. The SMILES string of the molecule is CCOC(=O)CN(C)CCOC(=O)CNC(=O)OCc1ccccc1. The molecule has 0 saturated heterocycles. The van der Waals surface area contributed by atoms with E-state index >= 15 is 0 Å². The molecule has 0 saturated carbocycles. The highest BCUT2D eigenvalue weighted by Gasteiger charge is 2.10. The highest BCUT2D eigenvalue weighted by Crippen LogP contribution is 2.00. The number of ether oxygens (including phenoxy) is 3. The molecule has 8 heteroatoms. The highest BCUT2D eigenvalue weighted by molar-refractivity contribution is 5.77. The topological polar surface area (TPSA) is 94.2 Å². The van der Waals surface area contributed by atoms with Crippen LogP contribution in [0.1, 0.15) is 12.5 Å². The predicted octanol–water partition coefficient (Wildman–Crippen LogP) is 0.951. The maximum absolute atomic E-state index is 11.5. The molecule has 8 nitrogen and oxygen atoms in total. The second-order valence-corrected chi connectivity index (χ2v) is 5.18. The number of nitrogens with zero attached hydrogens (tertiary/aromatic N) is 1. The zero-order valence-corrected chi connectivity index (χ0v) is 14.5. The highest BCUT2D eigenvalue weighted by atomic mass is 16.6. The Morgan fingerprint density at radius 3 is 2.44 bits per heavy atom. The largest absolute Gasteiger partial charge is 0.465 e. The van der Waals surface area contributed by atoms with E-state index < -0.39 is 12.1 Å². The Hall–Kier alpha value is -2.61. The number of amides is 1. The monoisotopic (exact) mass is 352 g/mol. The van der Waals surface area contributed by atoms with Crippen molar-refractivity contribution in [3.05, 3.63) is 35.9 Å². The lowest BCUT2D eigenvalue weighted by Gasteiger charge is -2.15. The molecule has 0 heterocycles. The van der Waals surface area contributed by atoms with Crippen LogP contribution in [0.5, 0.6) is 0 Å². The van der Waals surface area contributed by atoms with Crippen molar-refractivity contribution in [2.24, 2.45) is 0 Å². The molecule has 25 heavy (non-hydrogen) atoms. The molecule has 0 atom stereocenters. The van der Waals surface area contributed by atoms with Gasteiger partial charge in [-0.2, -0.15) is 0 Å². The molecule has 0 radical (unpaired) electrons. The standard InChI is InChI=1S/C17H24N2O6/c1-3-23-16(21)12-19(2)9-10-24-15(20)11-18-17(22)25-13-14-7-5-4-6-8-14/h4-8H,3,9-13H2,1-2H3,(H,18,22). The second-order valence-electron chi connectivity index (χ2n) is 5.18. The van der Waals surface area contributed by atoms with Crippen LogP contribution in [0.2, 0.25) is 0 Å². The molecule has 1 amide bonds. The first-order valence-corrected chi connectivity index (χ1v) is 7.95. The number of carbonyl (C=O) groups is 3. The van der Waals surface area contributed by atoms with E-state index in [0.717, 1.165) is 5.56 Å². The summed E-state index contributed by atoms with van der Waals surface area (Å²) in [5.41, 5.74) is 0.852. The molecule has 0 aliphatic rings. The summed E-state index contributed by atoms with van der Waals surface area (Å²) >= 11 is 0. The number of esters is 2. The van der Waals surface area contributed by atoms with Crippen LogP contribution in [-0.2, 0) is 30.4 Å². The van der Waals surface area contributed by atoms with E-state index in [0.29, 0.717) is 13.2 Å². The predicted molar refractivity (Wildman–Crippen MR) is 89.7 cm³/mol. The van der Waals surface area contributed by atoms with Crippen LogP contribution in [-0.4, -0.2) is 62.8 Å². The van der Waals surface area contributed by atoms with E-state index in [1.807, 2.05) is 30.3 Å². The lowest BCUT2D eigenvalue weighted by molar-refractivity contribution is -0.144. The summed E-state index contributed by atoms with van der Waals surface area (Å²) in [4.78, 5) is 35.9. The van der Waals surface area contributed by atoms with Gasteiger partial charge in [-0.3, -0.25) is 14.5 Å². The normalized spacial score (nSPS) is 10.2. The van der Waals surface area contributed by atoms with Gasteiger partial charge in [0, 0.05) is 6.54 Å². The number of hydrogen-bond donors (Lipinski definition) is 1. The van der Waals surface area contributed by atoms with Crippen molar-refractivity contribution in [2.45, 2.75) is 13.5 Å². The number of nitrogens with one attached hydrogen (secondary N) is 1. The van der Waals surface area contributed by atoms with Gasteiger partial charge in [0.25, 0.3) is 0 Å². The quantitative estimate of drug-likeness (QED) is 0.495. The van der Waals surface area contributed by atoms with Crippen molar-refractivity contribution >= 4 is 18.0 Å². The van der Waals surface area contributed by atoms with Gasteiger partial charge in [-0.1, -0.05) is 30.3 Å². The van der Waals surface area contributed by atoms with Gasteiger partial charge in [0.2, 0.25) is 0 Å². The van der Waals surface area contributed by atoms with E-state index in [4.69, 9.17) is 14.2 Å². The van der Waals surface area contributed by atoms with Crippen molar-refractivity contribution < 1.29 is 28.6 Å². The van der Waals surface area contributed by atoms with E-state index in [2.05, 4.69) is 5.32 Å². The van der Waals surface area contributed by atoms with Crippen LogP contribution in [0.25, 0.3) is 0 Å². The number of alkyl carbamates (subject to hydrolysis) is 1. The molecule has 1 N–H and O–H groups in total. The first-order chi connectivity index (χ1) is 12.0. The maximum atomic E-state index is 11.5. The summed E-state index contributed by atoms with van der Waals surface area (Å²) < 4.78 is 14.7. The van der Waals surface area contributed by atoms with Gasteiger partial charge in [-0.25, -0.2) is 4.79 Å². The van der Waals surface area contributed by atoms with Crippen molar-refractivity contribution in [1.82, 2.24) is 10.2 Å². The van der Waals surface area contributed by atoms with Crippen LogP contribution in [0, 0.1) is 0 Å². The van der Waals surface area contributed by atoms with Crippen LogP contribution in [0.3, 0.4) is 0 Å². The molecule has 1 aromatic carbocycles. The minimum atomic E-state index is -0.694. The van der Waals surface area contributed by atoms with E-state index in [-0.39, 0.29) is 32.3 Å². The molecular weight excluding hydrogens is 328 g/mol. The van der Waals surface area contributed by atoms with Crippen LogP contribution in [0.4, 0.5) is 4.79 Å². The van der Waals surface area contributed by atoms with Crippen LogP contribution < -0.4 is 5.32 Å². The van der Waals surface area contributed by atoms with Gasteiger partial charge in [-0.15, -0.1) is 0 Å². The Bertz CT molecular complexity index is 549. The van der Waals surface area contributed by atoms with Gasteiger partial charge in [0.15, 0.2) is 0 Å². The van der Waals surface area contributed by atoms with Gasteiger partial charge in [0.05, 0.1) is 13.2 Å². The number of rotatable bonds is 10. The molecular formula is C17H24N2O6. The number of benzene rings is 1. The third-order valence-corrected chi connectivity index (χ3v) is 3.03. The zero-order valence-electron chi connectivity index (χ0n) is 14.5. The molecule has 0 aromatic heterocycles. The van der Waals surface area contributed by atoms with Crippen molar-refractivity contribution in [3.8, 4) is 0 Å². The smallest absolute Gasteiger partial charge is 0.407 e. The Kier molecular flexibility index (Phi) is 9.69. The van der Waals surface area contributed by atoms with Gasteiger partial charge in [0.1, 0.15) is 19.8 Å². The molecule has 1 rings (SSSR count). The summed E-state index contributed by atoms with van der Waals surface area (Å²) in [5.74, 6) is -0.916. The molecule has 0 unspecified atom stereocenters. The Morgan fingerprint density at radius 1 is 1.04 bits per heavy atom. The van der Waals surface area contributed by atoms with Gasteiger partial charge >= 0.3 is 18.0 Å². The summed E-state index contributed by atoms with van der Waals surface area (Å²) in [6.45, 7) is 2.51. The first-order valence-electron chi connectivity index (χ1n) is 7.95. The van der Waals surface area contributed by atoms with E-state index in [9.17, 15) is 14.4 Å². The van der Waals surface area contributed by atoms with Gasteiger partial charge in [-0.05, 0) is 19.5 Å². The Labute approximate surface area is 147 Å². The fourth-order valence-electron chi connectivity index (χ4n) is 1.79. The molecule has 0 aliphatic carbocycles. The Morgan fingerprint density at radius 2 is 1.76 bits per heavy atom. The average Bonchev–Trinajstić information content (AvgIpc) is 2.59. The second kappa shape index (κ2) is 11.9. The molecule has 138 valence electrons. The van der Waals surface area contributed by atoms with E-state index in [1.165, 1.54) is 0 Å². The van der Waals surface area contributed by atoms with Crippen LogP contribution >= 0.6 is 0 Å². The Balaban J connectivity index is 2.09. The summed E-state index contributed by atoms with van der Waals surface area (Å²) in [7, 11) is 1.71. The first kappa shape index (κ1) is 20.4. The molecule has 0 fully saturated rings. The summed E-state index contributed by atoms with van der Waals surface area (Å²) in [5, 5.41) is 2.32. The van der Waals surface area contributed by atoms with Gasteiger partial charge < -0.3 is 19.5 Å². The lowest BCUT2D eigenvalue weighted by atomic mass is 10.2. The van der Waals surface area contributed by atoms with Crippen molar-refractivity contribution in [3.63, 3.8) is 0 Å². The van der Waals surface area contributed by atoms with E-state index in [1.54, 1.807) is 18.9 Å². The third kappa shape index (κ3) is 9.98. The average molecular weight is 352 g/mol. The van der Waals surface area contributed by atoms with Crippen molar-refractivity contribution in [1.29, 1.82) is 0 Å². The number of likely N-dealkylation sites (N-methyl/N-ethyl adjacent to an activating group) is 1. The number of carbonyl (C=O) groups excluding carboxylic acids is 3. The summed E-state index contributed by atoms with van der Waals surface area (Å²) in [6, 6.07) is 9.20. The lowest BCUT2D eigenvalue weighted by Crippen LogP contribution is -2.34. The number of hydrogen-bond acceptors (Lipinski definition) is 7. The molecule has 0 spiro atoms. The fraction of sp³-hybridized carbons (Fsp3) is 0.471. The fourth-order valence-corrected chi connectivity index (χ4v) is 1.79. The zero-order chi connectivity index (χ0) is 18.5. The minimum Gasteiger partial charge on any atom is -0.465 e. The third-order valence-electron chi connectivity index (χ3n) is 3.03. The summed E-state index contributed by atoms with van der Waals surface area (Å²) in [6.07, 6.45) is -0.694. The maximum Gasteiger partial charge on any atom is 0.407 e.